The van der Waals surface area contributed by atoms with Gasteiger partial charge < -0.3 is 15.8 Å². The molecule has 0 saturated heterocycles. The molecule has 0 radical (unpaired) electrons. The number of carbonyl (C=O) groups is 1. The maximum atomic E-state index is 13.1. The van der Waals surface area contributed by atoms with Crippen LogP contribution < -0.4 is 15.8 Å². The number of carbonyl (C=O) groups excluding carboxylic acids is 1. The van der Waals surface area contributed by atoms with E-state index < -0.39 is 9.84 Å². The minimum atomic E-state index is -3.46. The van der Waals surface area contributed by atoms with Crippen LogP contribution in [0.5, 0.6) is 5.75 Å². The van der Waals surface area contributed by atoms with Crippen molar-refractivity contribution in [1.82, 2.24) is 5.32 Å². The Hall–Kier alpha value is -1.93. The normalized spacial score (nSPS) is 28.4. The van der Waals surface area contributed by atoms with Crippen LogP contribution in [0.4, 0.5) is 4.39 Å². The molecular weight excluding hydrogens is 419 g/mol. The van der Waals surface area contributed by atoms with Crippen molar-refractivity contribution >= 4 is 15.7 Å². The number of amides is 1. The van der Waals surface area contributed by atoms with E-state index in [-0.39, 0.29) is 40.5 Å². The number of hydrogen-bond donors (Lipinski definition) is 2. The molecule has 4 fully saturated rings. The van der Waals surface area contributed by atoms with Crippen molar-refractivity contribution in [1.29, 1.82) is 0 Å². The largest absolute Gasteiger partial charge is 0.489 e. The van der Waals surface area contributed by atoms with Crippen LogP contribution in [0.1, 0.15) is 51.4 Å². The molecule has 4 saturated carbocycles. The fourth-order valence-corrected chi connectivity index (χ4v) is 6.88. The van der Waals surface area contributed by atoms with Crippen LogP contribution in [0.25, 0.3) is 0 Å². The molecule has 4 aliphatic rings. The number of benzene rings is 1. The molecule has 3 N–H and O–H groups in total. The molecule has 170 valence electrons. The number of ether oxygens (including phenoxy) is 1. The molecule has 5 rings (SSSR count). The second-order valence-corrected chi connectivity index (χ2v) is 11.5. The molecule has 0 aliphatic heterocycles. The van der Waals surface area contributed by atoms with Crippen molar-refractivity contribution in [3.63, 3.8) is 0 Å². The van der Waals surface area contributed by atoms with Crippen LogP contribution in [0.15, 0.2) is 41.1 Å². The number of nitrogens with one attached hydrogen (secondary N) is 1. The first-order chi connectivity index (χ1) is 14.8. The Bertz CT molecular complexity index is 930. The van der Waals surface area contributed by atoms with Gasteiger partial charge in [-0.1, -0.05) is 0 Å². The molecule has 1 amide bonds. The van der Waals surface area contributed by atoms with Gasteiger partial charge in [-0.05, 0) is 81.0 Å². The summed E-state index contributed by atoms with van der Waals surface area (Å²) in [6, 6.07) is 6.62. The van der Waals surface area contributed by atoms with E-state index in [1.807, 2.05) is 0 Å². The van der Waals surface area contributed by atoms with Gasteiger partial charge in [0.15, 0.2) is 9.84 Å². The summed E-state index contributed by atoms with van der Waals surface area (Å²) in [5, 5.41) is 3.16. The number of nitrogens with two attached hydrogens (primary N) is 1. The van der Waals surface area contributed by atoms with E-state index in [0.717, 1.165) is 51.4 Å². The Morgan fingerprint density at radius 3 is 2.26 bits per heavy atom. The molecule has 4 aliphatic carbocycles. The molecule has 0 aromatic heterocycles. The van der Waals surface area contributed by atoms with E-state index in [1.165, 1.54) is 0 Å². The van der Waals surface area contributed by atoms with Gasteiger partial charge in [0.05, 0.1) is 17.0 Å². The van der Waals surface area contributed by atoms with E-state index in [1.54, 1.807) is 24.3 Å². The van der Waals surface area contributed by atoms with Crippen molar-refractivity contribution in [3.8, 4) is 5.75 Å². The van der Waals surface area contributed by atoms with Crippen molar-refractivity contribution < 1.29 is 22.3 Å². The minimum absolute atomic E-state index is 0.0261. The molecule has 1 aromatic carbocycles. The lowest BCUT2D eigenvalue weighted by atomic mass is 9.54. The maximum Gasteiger partial charge on any atom is 0.226 e. The molecule has 8 heteroatoms. The molecular formula is C23H31FN2O4S. The molecule has 6 nitrogen and oxygen atoms in total. The zero-order valence-electron chi connectivity index (χ0n) is 17.7. The smallest absolute Gasteiger partial charge is 0.226 e. The second kappa shape index (κ2) is 8.54. The molecule has 2 bridgehead atoms. The minimum Gasteiger partial charge on any atom is -0.489 e. The monoisotopic (exact) mass is 450 g/mol. The van der Waals surface area contributed by atoms with E-state index in [9.17, 15) is 17.6 Å². The summed E-state index contributed by atoms with van der Waals surface area (Å²) in [5.41, 5.74) is 5.20. The van der Waals surface area contributed by atoms with Crippen LogP contribution in [0.2, 0.25) is 0 Å². The van der Waals surface area contributed by atoms with Gasteiger partial charge in [0.2, 0.25) is 5.91 Å². The number of sulfone groups is 1. The first-order valence-electron chi connectivity index (χ1n) is 11.0. The Morgan fingerprint density at radius 2 is 1.74 bits per heavy atom. The van der Waals surface area contributed by atoms with Crippen LogP contribution in [0.3, 0.4) is 0 Å². The predicted molar refractivity (Wildman–Crippen MR) is 116 cm³/mol. The summed E-state index contributed by atoms with van der Waals surface area (Å²) >= 11 is 0. The Labute approximate surface area is 183 Å². The Kier molecular flexibility index (Phi) is 6.14. The zero-order chi connectivity index (χ0) is 22.1. The highest BCUT2D eigenvalue weighted by Crippen LogP contribution is 2.57. The average molecular weight is 451 g/mol. The van der Waals surface area contributed by atoms with Gasteiger partial charge in [0.25, 0.3) is 0 Å². The Morgan fingerprint density at radius 1 is 1.13 bits per heavy atom. The third-order valence-electron chi connectivity index (χ3n) is 7.32. The first kappa shape index (κ1) is 22.3. The van der Waals surface area contributed by atoms with Crippen molar-refractivity contribution in [2.24, 2.45) is 16.6 Å². The summed E-state index contributed by atoms with van der Waals surface area (Å²) in [6.07, 6.45) is 7.26. The first-order valence-corrected chi connectivity index (χ1v) is 12.7. The molecule has 0 atom stereocenters. The third kappa shape index (κ3) is 4.80. The van der Waals surface area contributed by atoms with Gasteiger partial charge in [-0.2, -0.15) is 0 Å². The van der Waals surface area contributed by atoms with Crippen molar-refractivity contribution in [3.05, 3.63) is 36.2 Å². The number of halogens is 1. The van der Waals surface area contributed by atoms with Gasteiger partial charge in [-0.15, -0.1) is 0 Å². The summed E-state index contributed by atoms with van der Waals surface area (Å²) < 4.78 is 44.3. The number of fused-ring (bicyclic) bond motifs is 3. The highest BCUT2D eigenvalue weighted by molar-refractivity contribution is 7.91. The topological polar surface area (TPSA) is 98.5 Å². The van der Waals surface area contributed by atoms with Crippen LogP contribution >= 0.6 is 0 Å². The fourth-order valence-electron chi connectivity index (χ4n) is 4.93. The van der Waals surface area contributed by atoms with Crippen molar-refractivity contribution in [2.75, 3.05) is 18.9 Å². The molecule has 1 aromatic rings. The number of rotatable bonds is 9. The lowest BCUT2D eigenvalue weighted by Gasteiger charge is -2.52. The van der Waals surface area contributed by atoms with Crippen LogP contribution in [-0.4, -0.2) is 39.3 Å². The maximum absolute atomic E-state index is 13.1. The van der Waals surface area contributed by atoms with E-state index in [4.69, 9.17) is 10.5 Å². The Balaban J connectivity index is 1.37. The van der Waals surface area contributed by atoms with Crippen LogP contribution in [0, 0.1) is 10.8 Å². The van der Waals surface area contributed by atoms with E-state index in [0.29, 0.717) is 23.7 Å². The second-order valence-electron chi connectivity index (χ2n) is 9.52. The van der Waals surface area contributed by atoms with Gasteiger partial charge in [-0.3, -0.25) is 4.79 Å². The SMILES string of the molecule is NC/C(=C\F)COc1ccc(S(=O)(=O)CC23CCC(C(=O)NC4CC4)(CC2)CC3)cc1. The lowest BCUT2D eigenvalue weighted by Crippen LogP contribution is -2.52. The summed E-state index contributed by atoms with van der Waals surface area (Å²) in [6.45, 7) is 0.0901. The van der Waals surface area contributed by atoms with Gasteiger partial charge in [0, 0.05) is 23.6 Å². The fraction of sp³-hybridized carbons (Fsp3) is 0.609. The molecule has 0 spiro atoms. The molecule has 31 heavy (non-hydrogen) atoms. The van der Waals surface area contributed by atoms with Crippen LogP contribution in [-0.2, 0) is 14.6 Å². The van der Waals surface area contributed by atoms with E-state index in [2.05, 4.69) is 5.32 Å². The van der Waals surface area contributed by atoms with Crippen molar-refractivity contribution in [2.45, 2.75) is 62.3 Å². The standard InChI is InChI=1S/C23H31FN2O4S/c24-13-17(14-25)15-30-19-3-5-20(6-4-19)31(28,29)16-22-7-10-23(11-8-22,12-9-22)21(27)26-18-1-2-18/h3-6,13,18H,1-2,7-12,14-16,25H2,(H,26,27)/b17-13+. The predicted octanol–water partition coefficient (Wildman–Crippen LogP) is 3.27. The zero-order valence-corrected chi connectivity index (χ0v) is 18.6. The third-order valence-corrected chi connectivity index (χ3v) is 9.30. The summed E-state index contributed by atoms with van der Waals surface area (Å²) in [4.78, 5) is 13.0. The quantitative estimate of drug-likeness (QED) is 0.602. The van der Waals surface area contributed by atoms with Gasteiger partial charge in [-0.25, -0.2) is 12.8 Å². The molecule has 0 unspecified atom stereocenters. The molecule has 0 heterocycles. The highest BCUT2D eigenvalue weighted by atomic mass is 32.2. The summed E-state index contributed by atoms with van der Waals surface area (Å²) in [5.74, 6) is 0.761. The lowest BCUT2D eigenvalue weighted by molar-refractivity contribution is -0.139. The van der Waals surface area contributed by atoms with E-state index >= 15 is 0 Å². The average Bonchev–Trinajstić information content (AvgIpc) is 3.59. The van der Waals surface area contributed by atoms with Gasteiger partial charge >= 0.3 is 0 Å². The number of hydrogen-bond acceptors (Lipinski definition) is 5. The summed E-state index contributed by atoms with van der Waals surface area (Å²) in [7, 11) is -3.46. The van der Waals surface area contributed by atoms with Gasteiger partial charge in [0.1, 0.15) is 12.4 Å². The highest BCUT2D eigenvalue weighted by Gasteiger charge is 2.54.